The number of halogens is 2. The van der Waals surface area contributed by atoms with Gasteiger partial charge in [0.1, 0.15) is 0 Å². The third-order valence-corrected chi connectivity index (χ3v) is 3.48. The summed E-state index contributed by atoms with van der Waals surface area (Å²) in [4.78, 5) is 12.1. The zero-order valence-corrected chi connectivity index (χ0v) is 13.5. The Labute approximate surface area is 139 Å². The van der Waals surface area contributed by atoms with E-state index in [1.807, 2.05) is 18.2 Å². The first-order chi connectivity index (χ1) is 10.6. The maximum Gasteiger partial charge on any atom is 0.340 e. The van der Waals surface area contributed by atoms with Gasteiger partial charge in [-0.2, -0.15) is 0 Å². The lowest BCUT2D eigenvalue weighted by molar-refractivity contribution is -0.136. The fourth-order valence-corrected chi connectivity index (χ4v) is 2.14. The SMILES string of the molecule is CCOC(=O)/C(=C/Nc1ccccc1Cl)c1ccc(Cl)cc1. The van der Waals surface area contributed by atoms with Crippen LogP contribution in [0.1, 0.15) is 12.5 Å². The number of hydrogen-bond donors (Lipinski definition) is 1. The Morgan fingerprint density at radius 2 is 1.82 bits per heavy atom. The van der Waals surface area contributed by atoms with Crippen LogP contribution in [0.2, 0.25) is 10.0 Å². The maximum absolute atomic E-state index is 12.1. The average Bonchev–Trinajstić information content (AvgIpc) is 2.51. The highest BCUT2D eigenvalue weighted by atomic mass is 35.5. The minimum absolute atomic E-state index is 0.301. The normalized spacial score (nSPS) is 11.1. The van der Waals surface area contributed by atoms with Gasteiger partial charge in [-0.05, 0) is 36.8 Å². The van der Waals surface area contributed by atoms with E-state index < -0.39 is 5.97 Å². The molecule has 2 aromatic rings. The van der Waals surface area contributed by atoms with E-state index in [1.54, 1.807) is 43.5 Å². The third-order valence-electron chi connectivity index (χ3n) is 2.90. The Kier molecular flexibility index (Phi) is 5.87. The number of rotatable bonds is 5. The summed E-state index contributed by atoms with van der Waals surface area (Å²) in [6.07, 6.45) is 1.59. The van der Waals surface area contributed by atoms with Crippen LogP contribution in [-0.2, 0) is 9.53 Å². The molecular weight excluding hydrogens is 321 g/mol. The predicted molar refractivity (Wildman–Crippen MR) is 91.1 cm³/mol. The molecule has 114 valence electrons. The summed E-state index contributed by atoms with van der Waals surface area (Å²) in [7, 11) is 0. The fourth-order valence-electron chi connectivity index (χ4n) is 1.83. The van der Waals surface area contributed by atoms with Crippen LogP contribution in [0.5, 0.6) is 0 Å². The molecule has 2 rings (SSSR count). The van der Waals surface area contributed by atoms with Crippen molar-refractivity contribution in [1.82, 2.24) is 0 Å². The van der Waals surface area contributed by atoms with Crippen molar-refractivity contribution in [1.29, 1.82) is 0 Å². The van der Waals surface area contributed by atoms with Crippen molar-refractivity contribution in [2.45, 2.75) is 6.92 Å². The maximum atomic E-state index is 12.1. The lowest BCUT2D eigenvalue weighted by Crippen LogP contribution is -2.08. The molecule has 0 heterocycles. The summed E-state index contributed by atoms with van der Waals surface area (Å²) in [6.45, 7) is 2.06. The first-order valence-electron chi connectivity index (χ1n) is 6.76. The number of anilines is 1. The molecule has 0 saturated carbocycles. The average molecular weight is 336 g/mol. The third kappa shape index (κ3) is 4.26. The highest BCUT2D eigenvalue weighted by molar-refractivity contribution is 6.33. The quantitative estimate of drug-likeness (QED) is 0.616. The van der Waals surface area contributed by atoms with Crippen molar-refractivity contribution in [2.24, 2.45) is 0 Å². The standard InChI is InChI=1S/C17H15Cl2NO2/c1-2-22-17(21)14(12-7-9-13(18)10-8-12)11-20-16-6-4-3-5-15(16)19/h3-11,20H,2H2,1H3/b14-11+. The number of nitrogens with one attached hydrogen (secondary N) is 1. The van der Waals surface area contributed by atoms with Gasteiger partial charge in [-0.15, -0.1) is 0 Å². The lowest BCUT2D eigenvalue weighted by atomic mass is 10.1. The Balaban J connectivity index is 2.31. The van der Waals surface area contributed by atoms with Gasteiger partial charge >= 0.3 is 5.97 Å². The zero-order chi connectivity index (χ0) is 15.9. The fraction of sp³-hybridized carbons (Fsp3) is 0.118. The summed E-state index contributed by atoms with van der Waals surface area (Å²) in [5.74, 6) is -0.413. The van der Waals surface area contributed by atoms with Crippen LogP contribution in [0, 0.1) is 0 Å². The van der Waals surface area contributed by atoms with Gasteiger partial charge in [-0.3, -0.25) is 0 Å². The minimum Gasteiger partial charge on any atom is -0.462 e. The number of hydrogen-bond acceptors (Lipinski definition) is 3. The second-order valence-electron chi connectivity index (χ2n) is 4.41. The number of esters is 1. The highest BCUT2D eigenvalue weighted by Gasteiger charge is 2.13. The van der Waals surface area contributed by atoms with E-state index >= 15 is 0 Å². The Bertz CT molecular complexity index is 681. The monoisotopic (exact) mass is 335 g/mol. The number of para-hydroxylation sites is 1. The molecule has 0 radical (unpaired) electrons. The van der Waals surface area contributed by atoms with Crippen LogP contribution < -0.4 is 5.32 Å². The molecule has 0 aliphatic carbocycles. The van der Waals surface area contributed by atoms with Crippen molar-refractivity contribution in [3.8, 4) is 0 Å². The molecule has 2 aromatic carbocycles. The molecule has 5 heteroatoms. The molecule has 1 N–H and O–H groups in total. The second-order valence-corrected chi connectivity index (χ2v) is 5.25. The molecule has 0 aliphatic heterocycles. The topological polar surface area (TPSA) is 38.3 Å². The van der Waals surface area contributed by atoms with Crippen LogP contribution in [-0.4, -0.2) is 12.6 Å². The van der Waals surface area contributed by atoms with Gasteiger partial charge in [0.15, 0.2) is 0 Å². The number of ether oxygens (including phenoxy) is 1. The van der Waals surface area contributed by atoms with Gasteiger partial charge in [0.05, 0.1) is 22.9 Å². The molecule has 0 unspecified atom stereocenters. The molecule has 0 aromatic heterocycles. The van der Waals surface area contributed by atoms with Crippen molar-refractivity contribution < 1.29 is 9.53 Å². The molecule has 0 saturated heterocycles. The first-order valence-corrected chi connectivity index (χ1v) is 7.51. The van der Waals surface area contributed by atoms with E-state index in [0.29, 0.717) is 33.5 Å². The van der Waals surface area contributed by atoms with Gasteiger partial charge in [-0.25, -0.2) is 4.79 Å². The van der Waals surface area contributed by atoms with Crippen LogP contribution in [0.15, 0.2) is 54.7 Å². The van der Waals surface area contributed by atoms with E-state index in [-0.39, 0.29) is 0 Å². The van der Waals surface area contributed by atoms with Crippen molar-refractivity contribution >= 4 is 40.4 Å². The largest absolute Gasteiger partial charge is 0.462 e. The van der Waals surface area contributed by atoms with E-state index in [9.17, 15) is 4.79 Å². The molecule has 22 heavy (non-hydrogen) atoms. The van der Waals surface area contributed by atoms with Gasteiger partial charge in [0, 0.05) is 11.2 Å². The number of carbonyl (C=O) groups is 1. The molecule has 3 nitrogen and oxygen atoms in total. The number of carbonyl (C=O) groups excluding carboxylic acids is 1. The first kappa shape index (κ1) is 16.4. The Morgan fingerprint density at radius 3 is 2.45 bits per heavy atom. The van der Waals surface area contributed by atoms with E-state index in [1.165, 1.54) is 0 Å². The van der Waals surface area contributed by atoms with E-state index in [0.717, 1.165) is 0 Å². The minimum atomic E-state index is -0.413. The molecule has 0 bridgehead atoms. The molecule has 0 atom stereocenters. The summed E-state index contributed by atoms with van der Waals surface area (Å²) < 4.78 is 5.09. The van der Waals surface area contributed by atoms with Crippen LogP contribution in [0.25, 0.3) is 5.57 Å². The summed E-state index contributed by atoms with van der Waals surface area (Å²) in [5.41, 5.74) is 1.82. The van der Waals surface area contributed by atoms with Crippen LogP contribution in [0.3, 0.4) is 0 Å². The summed E-state index contributed by atoms with van der Waals surface area (Å²) in [6, 6.07) is 14.3. The molecule has 0 aliphatic rings. The van der Waals surface area contributed by atoms with Crippen LogP contribution in [0.4, 0.5) is 5.69 Å². The van der Waals surface area contributed by atoms with Crippen molar-refractivity contribution in [3.63, 3.8) is 0 Å². The van der Waals surface area contributed by atoms with Crippen molar-refractivity contribution in [2.75, 3.05) is 11.9 Å². The van der Waals surface area contributed by atoms with Gasteiger partial charge in [-0.1, -0.05) is 47.5 Å². The Morgan fingerprint density at radius 1 is 1.14 bits per heavy atom. The van der Waals surface area contributed by atoms with Gasteiger partial charge in [0.25, 0.3) is 0 Å². The summed E-state index contributed by atoms with van der Waals surface area (Å²) >= 11 is 12.0. The molecule has 0 amide bonds. The molecular formula is C17H15Cl2NO2. The smallest absolute Gasteiger partial charge is 0.340 e. The lowest BCUT2D eigenvalue weighted by Gasteiger charge is -2.09. The second kappa shape index (κ2) is 7.87. The number of benzene rings is 2. The zero-order valence-electron chi connectivity index (χ0n) is 12.0. The Hall–Kier alpha value is -1.97. The van der Waals surface area contributed by atoms with E-state index in [4.69, 9.17) is 27.9 Å². The highest BCUT2D eigenvalue weighted by Crippen LogP contribution is 2.23. The molecule has 0 spiro atoms. The summed E-state index contributed by atoms with van der Waals surface area (Å²) in [5, 5.41) is 4.21. The van der Waals surface area contributed by atoms with Crippen LogP contribution >= 0.6 is 23.2 Å². The van der Waals surface area contributed by atoms with E-state index in [2.05, 4.69) is 5.32 Å². The van der Waals surface area contributed by atoms with Gasteiger partial charge < -0.3 is 10.1 Å². The van der Waals surface area contributed by atoms with Crippen molar-refractivity contribution in [3.05, 3.63) is 70.3 Å². The predicted octanol–water partition coefficient (Wildman–Crippen LogP) is 5.01. The molecule has 0 fully saturated rings. The van der Waals surface area contributed by atoms with Gasteiger partial charge in [0.2, 0.25) is 0 Å².